The van der Waals surface area contributed by atoms with Gasteiger partial charge in [-0.2, -0.15) is 0 Å². The van der Waals surface area contributed by atoms with Gasteiger partial charge in [-0.1, -0.05) is 20.8 Å². The Bertz CT molecular complexity index is 202. The average molecular weight is 228 g/mol. The van der Waals surface area contributed by atoms with E-state index in [0.717, 1.165) is 26.2 Å². The summed E-state index contributed by atoms with van der Waals surface area (Å²) in [5, 5.41) is 0. The van der Waals surface area contributed by atoms with Crippen LogP contribution in [0.4, 0.5) is 0 Å². The smallest absolute Gasteiger partial charge is 0.0885 e. The Kier molecular flexibility index (Phi) is 5.22. The molecule has 0 radical (unpaired) electrons. The van der Waals surface area contributed by atoms with E-state index in [9.17, 15) is 0 Å². The van der Waals surface area contributed by atoms with E-state index in [-0.39, 0.29) is 0 Å². The molecule has 0 aromatic heterocycles. The molecule has 0 aromatic rings. The van der Waals surface area contributed by atoms with Crippen molar-refractivity contribution in [3.63, 3.8) is 0 Å². The maximum atomic E-state index is 5.92. The summed E-state index contributed by atoms with van der Waals surface area (Å²) < 4.78 is 5.92. The summed E-state index contributed by atoms with van der Waals surface area (Å²) in [6.45, 7) is 10.5. The van der Waals surface area contributed by atoms with E-state index in [4.69, 9.17) is 4.74 Å². The van der Waals surface area contributed by atoms with Crippen LogP contribution in [0, 0.1) is 0 Å². The minimum atomic E-state index is 0.369. The predicted octanol–water partition coefficient (Wildman–Crippen LogP) is 1.83. The third-order valence-corrected chi connectivity index (χ3v) is 3.85. The number of hydrogen-bond donors (Lipinski definition) is 0. The second-order valence-corrected chi connectivity index (χ2v) is 4.75. The summed E-state index contributed by atoms with van der Waals surface area (Å²) in [5.74, 6) is 0. The molecule has 0 bridgehead atoms. The van der Waals surface area contributed by atoms with Gasteiger partial charge in [0.2, 0.25) is 0 Å². The first-order valence-electron chi connectivity index (χ1n) is 6.70. The van der Waals surface area contributed by atoms with E-state index in [0.29, 0.717) is 11.6 Å². The molecule has 1 aliphatic heterocycles. The van der Waals surface area contributed by atoms with Gasteiger partial charge in [0.15, 0.2) is 0 Å². The van der Waals surface area contributed by atoms with Crippen LogP contribution in [-0.4, -0.2) is 61.8 Å². The van der Waals surface area contributed by atoms with Crippen molar-refractivity contribution in [1.29, 1.82) is 0 Å². The molecule has 1 unspecified atom stereocenters. The SMILES string of the molecule is CC.CCN1CCOC(C2(N(C)C)CC2)C1. The molecule has 3 heteroatoms. The van der Waals surface area contributed by atoms with Crippen molar-refractivity contribution in [2.24, 2.45) is 0 Å². The van der Waals surface area contributed by atoms with E-state index in [1.807, 2.05) is 13.8 Å². The summed E-state index contributed by atoms with van der Waals surface area (Å²) in [6, 6.07) is 0. The summed E-state index contributed by atoms with van der Waals surface area (Å²) in [6.07, 6.45) is 3.05. The lowest BCUT2D eigenvalue weighted by atomic mass is 10.1. The monoisotopic (exact) mass is 228 g/mol. The molecule has 1 saturated heterocycles. The number of ether oxygens (including phenoxy) is 1. The minimum Gasteiger partial charge on any atom is -0.374 e. The number of nitrogens with zero attached hydrogens (tertiary/aromatic N) is 2. The van der Waals surface area contributed by atoms with Crippen molar-refractivity contribution in [3.05, 3.63) is 0 Å². The van der Waals surface area contributed by atoms with Crippen molar-refractivity contribution in [2.45, 2.75) is 45.3 Å². The van der Waals surface area contributed by atoms with Crippen molar-refractivity contribution in [1.82, 2.24) is 9.80 Å². The highest BCUT2D eigenvalue weighted by molar-refractivity contribution is 5.09. The normalized spacial score (nSPS) is 28.5. The molecule has 0 spiro atoms. The Morgan fingerprint density at radius 3 is 2.38 bits per heavy atom. The Labute approximate surface area is 101 Å². The summed E-state index contributed by atoms with van der Waals surface area (Å²) in [5.41, 5.74) is 0.369. The van der Waals surface area contributed by atoms with Crippen LogP contribution < -0.4 is 0 Å². The molecule has 0 N–H and O–H groups in total. The molecule has 1 atom stereocenters. The second-order valence-electron chi connectivity index (χ2n) is 4.75. The molecule has 1 heterocycles. The molecule has 16 heavy (non-hydrogen) atoms. The van der Waals surface area contributed by atoms with Gasteiger partial charge in [-0.25, -0.2) is 0 Å². The second kappa shape index (κ2) is 5.99. The zero-order valence-corrected chi connectivity index (χ0v) is 11.6. The van der Waals surface area contributed by atoms with E-state index < -0.39 is 0 Å². The first-order chi connectivity index (χ1) is 7.69. The van der Waals surface area contributed by atoms with Gasteiger partial charge in [0.1, 0.15) is 0 Å². The molecule has 1 aliphatic carbocycles. The van der Waals surface area contributed by atoms with Gasteiger partial charge in [-0.05, 0) is 33.5 Å². The van der Waals surface area contributed by atoms with Crippen LogP contribution in [0.1, 0.15) is 33.6 Å². The highest BCUT2D eigenvalue weighted by Crippen LogP contribution is 2.45. The maximum absolute atomic E-state index is 5.92. The van der Waals surface area contributed by atoms with E-state index in [1.54, 1.807) is 0 Å². The molecule has 96 valence electrons. The quantitative estimate of drug-likeness (QED) is 0.733. The summed E-state index contributed by atoms with van der Waals surface area (Å²) in [4.78, 5) is 4.86. The summed E-state index contributed by atoms with van der Waals surface area (Å²) >= 11 is 0. The van der Waals surface area contributed by atoms with Crippen LogP contribution in [0.25, 0.3) is 0 Å². The predicted molar refractivity (Wildman–Crippen MR) is 68.9 cm³/mol. The number of likely N-dealkylation sites (N-methyl/N-ethyl adjacent to an activating group) is 2. The van der Waals surface area contributed by atoms with Gasteiger partial charge in [0.05, 0.1) is 12.7 Å². The third-order valence-electron chi connectivity index (χ3n) is 3.85. The van der Waals surface area contributed by atoms with Gasteiger partial charge in [-0.3, -0.25) is 4.90 Å². The topological polar surface area (TPSA) is 15.7 Å². The number of hydrogen-bond acceptors (Lipinski definition) is 3. The van der Waals surface area contributed by atoms with Crippen LogP contribution in [0.2, 0.25) is 0 Å². The third kappa shape index (κ3) is 2.76. The van der Waals surface area contributed by atoms with Gasteiger partial charge in [0.25, 0.3) is 0 Å². The largest absolute Gasteiger partial charge is 0.374 e. The van der Waals surface area contributed by atoms with Gasteiger partial charge < -0.3 is 9.64 Å². The maximum Gasteiger partial charge on any atom is 0.0885 e. The molecule has 2 fully saturated rings. The number of rotatable bonds is 3. The molecule has 1 saturated carbocycles. The zero-order valence-electron chi connectivity index (χ0n) is 11.6. The Morgan fingerprint density at radius 2 is 1.94 bits per heavy atom. The van der Waals surface area contributed by atoms with Crippen LogP contribution in [0.5, 0.6) is 0 Å². The number of morpholine rings is 1. The van der Waals surface area contributed by atoms with Crippen LogP contribution in [0.15, 0.2) is 0 Å². The molecular formula is C13H28N2O. The van der Waals surface area contributed by atoms with E-state index >= 15 is 0 Å². The van der Waals surface area contributed by atoms with Crippen LogP contribution in [0.3, 0.4) is 0 Å². The van der Waals surface area contributed by atoms with Crippen molar-refractivity contribution in [3.8, 4) is 0 Å². The van der Waals surface area contributed by atoms with Gasteiger partial charge in [-0.15, -0.1) is 0 Å². The van der Waals surface area contributed by atoms with Crippen LogP contribution >= 0.6 is 0 Å². The van der Waals surface area contributed by atoms with Crippen molar-refractivity contribution < 1.29 is 4.74 Å². The summed E-state index contributed by atoms with van der Waals surface area (Å²) in [7, 11) is 4.36. The van der Waals surface area contributed by atoms with Crippen molar-refractivity contribution in [2.75, 3.05) is 40.3 Å². The average Bonchev–Trinajstić information content (AvgIpc) is 3.13. The van der Waals surface area contributed by atoms with Gasteiger partial charge in [0, 0.05) is 18.6 Å². The Hall–Kier alpha value is -0.120. The standard InChI is InChI=1S/C11H22N2O.C2H6/c1-4-13-7-8-14-10(9-13)11(5-6-11)12(2)3;1-2/h10H,4-9H2,1-3H3;1-2H3. The van der Waals surface area contributed by atoms with E-state index in [1.165, 1.54) is 12.8 Å². The minimum absolute atomic E-state index is 0.369. The molecule has 0 aromatic carbocycles. The molecule has 2 rings (SSSR count). The molecule has 3 nitrogen and oxygen atoms in total. The lowest BCUT2D eigenvalue weighted by molar-refractivity contribution is -0.0714. The first kappa shape index (κ1) is 13.9. The first-order valence-corrected chi connectivity index (χ1v) is 6.70. The molecule has 0 amide bonds. The zero-order chi connectivity index (χ0) is 12.2. The van der Waals surface area contributed by atoms with Crippen LogP contribution in [-0.2, 0) is 4.74 Å². The lowest BCUT2D eigenvalue weighted by Gasteiger charge is -2.39. The fourth-order valence-electron chi connectivity index (χ4n) is 2.50. The molecular weight excluding hydrogens is 200 g/mol. The Balaban J connectivity index is 0.000000606. The van der Waals surface area contributed by atoms with Gasteiger partial charge >= 0.3 is 0 Å². The fraction of sp³-hybridized carbons (Fsp3) is 1.00. The fourth-order valence-corrected chi connectivity index (χ4v) is 2.50. The highest BCUT2D eigenvalue weighted by Gasteiger charge is 2.52. The van der Waals surface area contributed by atoms with Crippen molar-refractivity contribution >= 4 is 0 Å². The molecule has 2 aliphatic rings. The van der Waals surface area contributed by atoms with E-state index in [2.05, 4.69) is 30.8 Å². The lowest BCUT2D eigenvalue weighted by Crippen LogP contribution is -2.53. The Morgan fingerprint density at radius 1 is 1.31 bits per heavy atom. The highest BCUT2D eigenvalue weighted by atomic mass is 16.5.